The van der Waals surface area contributed by atoms with E-state index in [1.807, 2.05) is 0 Å². The van der Waals surface area contributed by atoms with Crippen LogP contribution >= 0.6 is 11.6 Å². The maximum Gasteiger partial charge on any atom is 0.339 e. The third-order valence-corrected chi connectivity index (χ3v) is 6.40. The van der Waals surface area contributed by atoms with Crippen molar-refractivity contribution < 1.29 is 28.8 Å². The number of nitro benzene ring substituents is 1. The predicted octanol–water partition coefficient (Wildman–Crippen LogP) is 5.83. The average Bonchev–Trinajstić information content (AvgIpc) is 3.21. The maximum absolute atomic E-state index is 13.2. The second kappa shape index (κ2) is 10.3. The summed E-state index contributed by atoms with van der Waals surface area (Å²) in [5, 5.41) is 11.8. The minimum Gasteiger partial charge on any atom is -0.445 e. The fourth-order valence-electron chi connectivity index (χ4n) is 4.24. The number of carbonyl (C=O) groups excluding carboxylic acids is 4. The number of amides is 2. The molecule has 1 aliphatic rings. The lowest BCUT2D eigenvalue weighted by Gasteiger charge is -2.18. The molecule has 0 spiro atoms. The van der Waals surface area contributed by atoms with Gasteiger partial charge in [0.2, 0.25) is 5.78 Å². The molecule has 10 heteroatoms. The van der Waals surface area contributed by atoms with Gasteiger partial charge in [-0.2, -0.15) is 0 Å². The van der Waals surface area contributed by atoms with Crippen molar-refractivity contribution in [2.75, 3.05) is 4.90 Å². The van der Waals surface area contributed by atoms with Crippen molar-refractivity contribution in [3.63, 3.8) is 0 Å². The molecule has 5 rings (SSSR count). The molecule has 192 valence electrons. The first kappa shape index (κ1) is 25.5. The van der Waals surface area contributed by atoms with Gasteiger partial charge in [-0.25, -0.2) is 9.69 Å². The van der Waals surface area contributed by atoms with E-state index in [0.29, 0.717) is 16.1 Å². The van der Waals surface area contributed by atoms with Crippen LogP contribution in [0.3, 0.4) is 0 Å². The molecule has 0 radical (unpaired) electrons. The standard InChI is InChI=1S/C29H17ClN2O7/c30-20-13-9-18(10-14-20)26(25(33)17-5-2-1-3-6-17)39-29(36)19-11-15-21(16-12-19)31-27(34)22-7-4-8-23(32(37)38)24(22)28(31)35/h1-16,26H/t26-/m1/s1. The third kappa shape index (κ3) is 4.78. The molecule has 4 aromatic rings. The van der Waals surface area contributed by atoms with Crippen LogP contribution in [0.4, 0.5) is 11.4 Å². The quantitative estimate of drug-likeness (QED) is 0.0949. The van der Waals surface area contributed by atoms with E-state index in [4.69, 9.17) is 16.3 Å². The highest BCUT2D eigenvalue weighted by Gasteiger charge is 2.41. The van der Waals surface area contributed by atoms with E-state index in [2.05, 4.69) is 0 Å². The molecule has 1 aliphatic heterocycles. The summed E-state index contributed by atoms with van der Waals surface area (Å²) < 4.78 is 5.63. The number of nitro groups is 1. The molecule has 0 bridgehead atoms. The van der Waals surface area contributed by atoms with Gasteiger partial charge < -0.3 is 4.74 Å². The highest BCUT2D eigenvalue weighted by atomic mass is 35.5. The Balaban J connectivity index is 1.40. The number of hydrogen-bond donors (Lipinski definition) is 0. The lowest BCUT2D eigenvalue weighted by molar-refractivity contribution is -0.385. The topological polar surface area (TPSA) is 124 Å². The molecule has 9 nitrogen and oxygen atoms in total. The van der Waals surface area contributed by atoms with Crippen molar-refractivity contribution in [1.29, 1.82) is 0 Å². The Morgan fingerprint density at radius 1 is 0.795 bits per heavy atom. The monoisotopic (exact) mass is 540 g/mol. The Kier molecular flexibility index (Phi) is 6.74. The minimum absolute atomic E-state index is 0.0566. The number of halogens is 1. The fraction of sp³-hybridized carbons (Fsp3) is 0.0345. The first-order valence-electron chi connectivity index (χ1n) is 11.6. The zero-order valence-corrected chi connectivity index (χ0v) is 20.7. The summed E-state index contributed by atoms with van der Waals surface area (Å²) in [5.74, 6) is -2.81. The van der Waals surface area contributed by atoms with E-state index >= 15 is 0 Å². The van der Waals surface area contributed by atoms with Gasteiger partial charge in [-0.05, 0) is 42.5 Å². The molecule has 1 atom stereocenters. The van der Waals surface area contributed by atoms with Crippen molar-refractivity contribution in [3.05, 3.63) is 140 Å². The zero-order chi connectivity index (χ0) is 27.7. The average molecular weight is 541 g/mol. The summed E-state index contributed by atoms with van der Waals surface area (Å²) in [6.45, 7) is 0. The smallest absolute Gasteiger partial charge is 0.339 e. The van der Waals surface area contributed by atoms with Gasteiger partial charge in [0.15, 0.2) is 6.10 Å². The van der Waals surface area contributed by atoms with Crippen LogP contribution < -0.4 is 4.90 Å². The first-order valence-corrected chi connectivity index (χ1v) is 12.0. The van der Waals surface area contributed by atoms with Crippen LogP contribution in [0.1, 0.15) is 53.1 Å². The second-order valence-electron chi connectivity index (χ2n) is 8.52. The molecule has 0 fully saturated rings. The van der Waals surface area contributed by atoms with E-state index in [0.717, 1.165) is 11.0 Å². The summed E-state index contributed by atoms with van der Waals surface area (Å²) in [4.78, 5) is 63.6. The van der Waals surface area contributed by atoms with E-state index < -0.39 is 40.3 Å². The lowest BCUT2D eigenvalue weighted by atomic mass is 9.99. The fourth-order valence-corrected chi connectivity index (χ4v) is 4.37. The Labute approximate surface area is 226 Å². The molecular formula is C29H17ClN2O7. The number of ether oxygens (including phenoxy) is 1. The number of Topliss-reactive ketones (excluding diaryl/α,β-unsaturated/α-hetero) is 1. The molecule has 1 heterocycles. The van der Waals surface area contributed by atoms with Crippen LogP contribution in [0.25, 0.3) is 0 Å². The number of nitrogens with zero attached hydrogens (tertiary/aromatic N) is 2. The van der Waals surface area contributed by atoms with Crippen molar-refractivity contribution >= 4 is 46.5 Å². The normalized spacial score (nSPS) is 13.1. The molecule has 39 heavy (non-hydrogen) atoms. The predicted molar refractivity (Wildman–Crippen MR) is 141 cm³/mol. The Hall–Kier alpha value is -5.15. The summed E-state index contributed by atoms with van der Waals surface area (Å²) in [5.41, 5.74) is 0.1000. The number of fused-ring (bicyclic) bond motifs is 1. The Bertz CT molecular complexity index is 1640. The Morgan fingerprint density at radius 3 is 2.10 bits per heavy atom. The molecule has 0 saturated heterocycles. The zero-order valence-electron chi connectivity index (χ0n) is 19.9. The largest absolute Gasteiger partial charge is 0.445 e. The second-order valence-corrected chi connectivity index (χ2v) is 8.95. The molecule has 0 N–H and O–H groups in total. The van der Waals surface area contributed by atoms with E-state index in [1.54, 1.807) is 54.6 Å². The van der Waals surface area contributed by atoms with Crippen molar-refractivity contribution in [1.82, 2.24) is 0 Å². The highest BCUT2D eigenvalue weighted by Crippen LogP contribution is 2.34. The molecule has 2 amide bonds. The van der Waals surface area contributed by atoms with Gasteiger partial charge in [-0.1, -0.05) is 60.1 Å². The number of anilines is 1. The van der Waals surface area contributed by atoms with Gasteiger partial charge in [-0.15, -0.1) is 0 Å². The lowest BCUT2D eigenvalue weighted by Crippen LogP contribution is -2.29. The SMILES string of the molecule is O=C(O[C@@H](C(=O)c1ccccc1)c1ccc(Cl)cc1)c1ccc(N2C(=O)c3cccc([N+](=O)[O-])c3C2=O)cc1. The number of hydrogen-bond acceptors (Lipinski definition) is 7. The van der Waals surface area contributed by atoms with E-state index in [1.165, 1.54) is 36.4 Å². The molecule has 0 saturated carbocycles. The van der Waals surface area contributed by atoms with Crippen molar-refractivity contribution in [2.45, 2.75) is 6.10 Å². The summed E-state index contributed by atoms with van der Waals surface area (Å²) in [6.07, 6.45) is -1.26. The summed E-state index contributed by atoms with van der Waals surface area (Å²) >= 11 is 5.98. The maximum atomic E-state index is 13.2. The van der Waals surface area contributed by atoms with Crippen LogP contribution in [0.5, 0.6) is 0 Å². The molecular weight excluding hydrogens is 524 g/mol. The van der Waals surface area contributed by atoms with Gasteiger partial charge in [0.1, 0.15) is 5.56 Å². The van der Waals surface area contributed by atoms with E-state index in [9.17, 15) is 29.3 Å². The van der Waals surface area contributed by atoms with Crippen molar-refractivity contribution in [3.8, 4) is 0 Å². The van der Waals surface area contributed by atoms with Gasteiger partial charge >= 0.3 is 5.97 Å². The minimum atomic E-state index is -1.26. The number of ketones is 1. The number of rotatable bonds is 7. The van der Waals surface area contributed by atoms with Crippen LogP contribution in [0.2, 0.25) is 5.02 Å². The number of imide groups is 1. The van der Waals surface area contributed by atoms with Crippen LogP contribution in [0.15, 0.2) is 97.1 Å². The van der Waals surface area contributed by atoms with Gasteiger partial charge in [-0.3, -0.25) is 24.5 Å². The van der Waals surface area contributed by atoms with Gasteiger partial charge in [0, 0.05) is 22.2 Å². The highest BCUT2D eigenvalue weighted by molar-refractivity contribution is 6.35. The van der Waals surface area contributed by atoms with Crippen LogP contribution in [0, 0.1) is 10.1 Å². The van der Waals surface area contributed by atoms with Crippen LogP contribution in [-0.2, 0) is 4.74 Å². The van der Waals surface area contributed by atoms with E-state index in [-0.39, 0.29) is 22.4 Å². The number of esters is 1. The third-order valence-electron chi connectivity index (χ3n) is 6.14. The Morgan fingerprint density at radius 2 is 1.46 bits per heavy atom. The molecule has 4 aromatic carbocycles. The summed E-state index contributed by atoms with van der Waals surface area (Å²) in [7, 11) is 0. The number of benzene rings is 4. The molecule has 0 aliphatic carbocycles. The van der Waals surface area contributed by atoms with Gasteiger partial charge in [0.25, 0.3) is 17.5 Å². The van der Waals surface area contributed by atoms with Crippen LogP contribution in [-0.4, -0.2) is 28.5 Å². The van der Waals surface area contributed by atoms with Gasteiger partial charge in [0.05, 0.1) is 21.7 Å². The van der Waals surface area contributed by atoms with Crippen molar-refractivity contribution in [2.24, 2.45) is 0 Å². The summed E-state index contributed by atoms with van der Waals surface area (Å²) in [6, 6.07) is 23.9. The number of carbonyl (C=O) groups is 4. The first-order chi connectivity index (χ1) is 18.8. The molecule has 0 unspecified atom stereocenters. The molecule has 0 aromatic heterocycles.